The van der Waals surface area contributed by atoms with Crippen LogP contribution in [0.25, 0.3) is 0 Å². The highest BCUT2D eigenvalue weighted by Gasteiger charge is 2.31. The van der Waals surface area contributed by atoms with E-state index in [1.54, 1.807) is 18.2 Å². The predicted octanol–water partition coefficient (Wildman–Crippen LogP) is 3.37. The Morgan fingerprint density at radius 3 is 2.61 bits per heavy atom. The van der Waals surface area contributed by atoms with Gasteiger partial charge in [-0.15, -0.1) is 0 Å². The fraction of sp³-hybridized carbons (Fsp3) is 0.263. The van der Waals surface area contributed by atoms with Crippen molar-refractivity contribution in [1.82, 2.24) is 4.90 Å². The highest BCUT2D eigenvalue weighted by atomic mass is 19.4. The van der Waals surface area contributed by atoms with Gasteiger partial charge in [0.2, 0.25) is 0 Å². The van der Waals surface area contributed by atoms with E-state index in [1.807, 2.05) is 0 Å². The molecule has 6 nitrogen and oxygen atoms in total. The third kappa shape index (κ3) is 4.42. The Hall–Kier alpha value is -3.07. The molecule has 1 aliphatic rings. The van der Waals surface area contributed by atoms with Crippen LogP contribution in [-0.2, 0) is 15.7 Å². The SMILES string of the molecule is O=C(O)C1CN(C(=O)c2ccccc2Nc2cccc(C(F)(F)F)c2)CCO1. The van der Waals surface area contributed by atoms with Gasteiger partial charge in [0.15, 0.2) is 6.10 Å². The van der Waals surface area contributed by atoms with Crippen molar-refractivity contribution in [2.24, 2.45) is 0 Å². The van der Waals surface area contributed by atoms with E-state index in [9.17, 15) is 22.8 Å². The summed E-state index contributed by atoms with van der Waals surface area (Å²) in [6.07, 6.45) is -5.59. The Morgan fingerprint density at radius 2 is 1.89 bits per heavy atom. The molecule has 3 rings (SSSR count). The van der Waals surface area contributed by atoms with E-state index in [4.69, 9.17) is 9.84 Å². The average Bonchev–Trinajstić information content (AvgIpc) is 2.67. The molecule has 0 radical (unpaired) electrons. The monoisotopic (exact) mass is 394 g/mol. The molecule has 0 saturated carbocycles. The molecule has 1 atom stereocenters. The maximum Gasteiger partial charge on any atom is 0.416 e. The summed E-state index contributed by atoms with van der Waals surface area (Å²) in [6, 6.07) is 11.0. The van der Waals surface area contributed by atoms with E-state index >= 15 is 0 Å². The molecule has 0 bridgehead atoms. The molecule has 28 heavy (non-hydrogen) atoms. The number of alkyl halides is 3. The normalized spacial score (nSPS) is 17.2. The van der Waals surface area contributed by atoms with Crippen molar-refractivity contribution in [3.8, 4) is 0 Å². The molecule has 1 saturated heterocycles. The van der Waals surface area contributed by atoms with Crippen LogP contribution in [0.3, 0.4) is 0 Å². The molecule has 1 amide bonds. The molecule has 1 fully saturated rings. The van der Waals surface area contributed by atoms with Gasteiger partial charge in [0.25, 0.3) is 5.91 Å². The third-order valence-corrected chi connectivity index (χ3v) is 4.26. The first-order valence-electron chi connectivity index (χ1n) is 8.42. The second-order valence-corrected chi connectivity index (χ2v) is 6.20. The molecule has 1 aliphatic heterocycles. The van der Waals surface area contributed by atoms with E-state index in [0.717, 1.165) is 12.1 Å². The molecule has 0 aliphatic carbocycles. The van der Waals surface area contributed by atoms with Crippen molar-refractivity contribution in [3.63, 3.8) is 0 Å². The number of carboxylic acids is 1. The first kappa shape index (κ1) is 19.7. The molecule has 148 valence electrons. The Kier molecular flexibility index (Phi) is 5.55. The minimum Gasteiger partial charge on any atom is -0.479 e. The van der Waals surface area contributed by atoms with Gasteiger partial charge >= 0.3 is 12.1 Å². The highest BCUT2D eigenvalue weighted by Crippen LogP contribution is 2.32. The Labute approximate surface area is 158 Å². The standard InChI is InChI=1S/C19H17F3N2O4/c20-19(21,22)12-4-3-5-13(10-12)23-15-7-2-1-6-14(15)17(25)24-8-9-28-16(11-24)18(26)27/h1-7,10,16,23H,8-9,11H2,(H,26,27). The summed E-state index contributed by atoms with van der Waals surface area (Å²) in [5.41, 5.74) is -0.0737. The predicted molar refractivity (Wildman–Crippen MR) is 94.4 cm³/mol. The number of nitrogens with one attached hydrogen (secondary N) is 1. The van der Waals surface area contributed by atoms with Crippen LogP contribution < -0.4 is 5.32 Å². The van der Waals surface area contributed by atoms with Crippen molar-refractivity contribution in [2.75, 3.05) is 25.0 Å². The molecule has 2 aromatic carbocycles. The Morgan fingerprint density at radius 1 is 1.14 bits per heavy atom. The molecule has 9 heteroatoms. The summed E-state index contributed by atoms with van der Waals surface area (Å²) in [6.45, 7) is 0.207. The zero-order chi connectivity index (χ0) is 20.3. The van der Waals surface area contributed by atoms with Crippen LogP contribution in [0.4, 0.5) is 24.5 Å². The van der Waals surface area contributed by atoms with Crippen molar-refractivity contribution in [2.45, 2.75) is 12.3 Å². The van der Waals surface area contributed by atoms with Gasteiger partial charge in [-0.25, -0.2) is 4.79 Å². The molecular weight excluding hydrogens is 377 g/mol. The van der Waals surface area contributed by atoms with Crippen molar-refractivity contribution in [3.05, 3.63) is 59.7 Å². The summed E-state index contributed by atoms with van der Waals surface area (Å²) in [4.78, 5) is 25.3. The maximum absolute atomic E-state index is 12.9. The molecule has 2 N–H and O–H groups in total. The summed E-state index contributed by atoms with van der Waals surface area (Å²) < 4.78 is 43.8. The topological polar surface area (TPSA) is 78.9 Å². The molecule has 1 heterocycles. The van der Waals surface area contributed by atoms with Gasteiger partial charge in [-0.3, -0.25) is 4.79 Å². The minimum absolute atomic E-state index is 0.0892. The molecule has 0 aromatic heterocycles. The zero-order valence-corrected chi connectivity index (χ0v) is 14.6. The van der Waals surface area contributed by atoms with Crippen LogP contribution in [0.15, 0.2) is 48.5 Å². The molecule has 2 aromatic rings. The van der Waals surface area contributed by atoms with E-state index in [2.05, 4.69) is 5.32 Å². The second kappa shape index (κ2) is 7.89. The number of aliphatic carboxylic acids is 1. The lowest BCUT2D eigenvalue weighted by atomic mass is 10.1. The number of carbonyl (C=O) groups is 2. The lowest BCUT2D eigenvalue weighted by Gasteiger charge is -2.31. The zero-order valence-electron chi connectivity index (χ0n) is 14.6. The lowest BCUT2D eigenvalue weighted by molar-refractivity contribution is -0.154. The number of hydrogen-bond acceptors (Lipinski definition) is 4. The molecule has 1 unspecified atom stereocenters. The van der Waals surface area contributed by atoms with Gasteiger partial charge in [0.05, 0.1) is 30.0 Å². The molecular formula is C19H17F3N2O4. The number of carbonyl (C=O) groups excluding carboxylic acids is 1. The summed E-state index contributed by atoms with van der Waals surface area (Å²) in [5, 5.41) is 11.9. The van der Waals surface area contributed by atoms with Gasteiger partial charge in [-0.05, 0) is 30.3 Å². The van der Waals surface area contributed by atoms with Crippen LogP contribution in [0, 0.1) is 0 Å². The quantitative estimate of drug-likeness (QED) is 0.831. The van der Waals surface area contributed by atoms with Crippen LogP contribution in [0.5, 0.6) is 0 Å². The fourth-order valence-electron chi connectivity index (χ4n) is 2.86. The van der Waals surface area contributed by atoms with Crippen LogP contribution in [0.2, 0.25) is 0 Å². The smallest absolute Gasteiger partial charge is 0.416 e. The largest absolute Gasteiger partial charge is 0.479 e. The lowest BCUT2D eigenvalue weighted by Crippen LogP contribution is -2.48. The number of anilines is 2. The van der Waals surface area contributed by atoms with E-state index < -0.39 is 29.7 Å². The van der Waals surface area contributed by atoms with Gasteiger partial charge in [0.1, 0.15) is 0 Å². The van der Waals surface area contributed by atoms with Crippen molar-refractivity contribution < 1.29 is 32.6 Å². The summed E-state index contributed by atoms with van der Waals surface area (Å²) >= 11 is 0. The number of benzene rings is 2. The first-order chi connectivity index (χ1) is 13.3. The molecule has 0 spiro atoms. The van der Waals surface area contributed by atoms with Crippen LogP contribution in [0.1, 0.15) is 15.9 Å². The number of hydrogen-bond donors (Lipinski definition) is 2. The van der Waals surface area contributed by atoms with E-state index in [-0.39, 0.29) is 30.9 Å². The van der Waals surface area contributed by atoms with Gasteiger partial charge in [-0.1, -0.05) is 18.2 Å². The second-order valence-electron chi connectivity index (χ2n) is 6.20. The number of nitrogens with zero attached hydrogens (tertiary/aromatic N) is 1. The van der Waals surface area contributed by atoms with E-state index in [0.29, 0.717) is 5.69 Å². The van der Waals surface area contributed by atoms with Gasteiger partial charge in [0, 0.05) is 12.2 Å². The summed E-state index contributed by atoms with van der Waals surface area (Å²) in [7, 11) is 0. The van der Waals surface area contributed by atoms with Crippen molar-refractivity contribution >= 4 is 23.3 Å². The maximum atomic E-state index is 12.9. The average molecular weight is 394 g/mol. The van der Waals surface area contributed by atoms with Gasteiger partial charge in [-0.2, -0.15) is 13.2 Å². The Bertz CT molecular complexity index is 885. The third-order valence-electron chi connectivity index (χ3n) is 4.26. The first-order valence-corrected chi connectivity index (χ1v) is 8.42. The Balaban J connectivity index is 1.84. The number of rotatable bonds is 4. The number of morpholine rings is 1. The number of halogens is 3. The van der Waals surface area contributed by atoms with Crippen LogP contribution >= 0.6 is 0 Å². The highest BCUT2D eigenvalue weighted by molar-refractivity contribution is 6.00. The number of para-hydroxylation sites is 1. The number of carboxylic acid groups (broad SMARTS) is 1. The fourth-order valence-corrected chi connectivity index (χ4v) is 2.86. The summed E-state index contributed by atoms with van der Waals surface area (Å²) in [5.74, 6) is -1.59. The number of amides is 1. The minimum atomic E-state index is -4.48. The number of ether oxygens (including phenoxy) is 1. The van der Waals surface area contributed by atoms with Crippen LogP contribution in [-0.4, -0.2) is 47.7 Å². The van der Waals surface area contributed by atoms with E-state index in [1.165, 1.54) is 23.1 Å². The van der Waals surface area contributed by atoms with Gasteiger partial charge < -0.3 is 20.1 Å². The van der Waals surface area contributed by atoms with Crippen molar-refractivity contribution in [1.29, 1.82) is 0 Å².